The van der Waals surface area contributed by atoms with Crippen LogP contribution in [0.25, 0.3) is 11.1 Å². The van der Waals surface area contributed by atoms with Crippen LogP contribution in [-0.4, -0.2) is 62.6 Å². The Kier molecular flexibility index (Phi) is 5.15. The molecule has 1 amide bonds. The quantitative estimate of drug-likeness (QED) is 0.842. The average molecular weight is 408 g/mol. The molecule has 30 heavy (non-hydrogen) atoms. The second-order valence-corrected chi connectivity index (χ2v) is 9.03. The van der Waals surface area contributed by atoms with E-state index in [2.05, 4.69) is 24.8 Å². The Balaban J connectivity index is 1.29. The molecule has 2 saturated heterocycles. The van der Waals surface area contributed by atoms with Crippen LogP contribution in [-0.2, 0) is 4.79 Å². The number of carbonyl (C=O) groups excluding carboxylic acids is 1. The number of nitrogens with zero attached hydrogens (tertiary/aromatic N) is 5. The minimum Gasteiger partial charge on any atom is -0.393 e. The van der Waals surface area contributed by atoms with Gasteiger partial charge in [-0.1, -0.05) is 6.07 Å². The number of hydrogen-bond donors (Lipinski definition) is 1. The number of pyridine rings is 1. The summed E-state index contributed by atoms with van der Waals surface area (Å²) in [4.78, 5) is 31.1. The molecule has 3 fully saturated rings. The normalized spacial score (nSPS) is 29.6. The summed E-state index contributed by atoms with van der Waals surface area (Å²) in [6.07, 6.45) is 13.4. The summed E-state index contributed by atoms with van der Waals surface area (Å²) in [5.41, 5.74) is 1.64. The predicted molar refractivity (Wildman–Crippen MR) is 114 cm³/mol. The first kappa shape index (κ1) is 19.4. The monoisotopic (exact) mass is 407 g/mol. The first-order chi connectivity index (χ1) is 14.6. The molecule has 5 rings (SSSR count). The minimum absolute atomic E-state index is 0.190. The summed E-state index contributed by atoms with van der Waals surface area (Å²) in [7, 11) is 0. The van der Waals surface area contributed by atoms with Gasteiger partial charge in [-0.25, -0.2) is 9.97 Å². The maximum Gasteiger partial charge on any atom is 0.230 e. The molecule has 0 radical (unpaired) electrons. The highest BCUT2D eigenvalue weighted by atomic mass is 16.3. The third-order valence-corrected chi connectivity index (χ3v) is 7.15. The number of aliphatic hydroxyl groups excluding tert-OH is 1. The van der Waals surface area contributed by atoms with Gasteiger partial charge in [-0.2, -0.15) is 0 Å². The zero-order valence-electron chi connectivity index (χ0n) is 17.3. The van der Waals surface area contributed by atoms with E-state index in [9.17, 15) is 9.90 Å². The van der Waals surface area contributed by atoms with Crippen LogP contribution < -0.4 is 4.90 Å². The van der Waals surface area contributed by atoms with Crippen molar-refractivity contribution >= 4 is 11.9 Å². The van der Waals surface area contributed by atoms with Crippen LogP contribution in [0.5, 0.6) is 0 Å². The molecule has 7 heteroatoms. The minimum atomic E-state index is -0.306. The van der Waals surface area contributed by atoms with Crippen molar-refractivity contribution < 1.29 is 9.90 Å². The van der Waals surface area contributed by atoms with Crippen LogP contribution in [0, 0.1) is 5.41 Å². The first-order valence-electron chi connectivity index (χ1n) is 11.1. The highest BCUT2D eigenvalue weighted by Gasteiger charge is 2.50. The van der Waals surface area contributed by atoms with Crippen LogP contribution in [0.2, 0.25) is 0 Å². The number of rotatable bonds is 3. The van der Waals surface area contributed by atoms with Crippen LogP contribution in [0.15, 0.2) is 36.9 Å². The molecule has 0 bridgehead atoms. The van der Waals surface area contributed by atoms with Crippen LogP contribution in [0.4, 0.5) is 5.95 Å². The smallest absolute Gasteiger partial charge is 0.230 e. The third kappa shape index (κ3) is 3.55. The van der Waals surface area contributed by atoms with Gasteiger partial charge in [0, 0.05) is 61.6 Å². The van der Waals surface area contributed by atoms with Crippen molar-refractivity contribution in [2.24, 2.45) is 5.41 Å². The maximum absolute atomic E-state index is 13.5. The Morgan fingerprint density at radius 3 is 2.53 bits per heavy atom. The van der Waals surface area contributed by atoms with Crippen molar-refractivity contribution in [3.8, 4) is 11.1 Å². The molecule has 4 heterocycles. The Hall–Kier alpha value is -2.54. The van der Waals surface area contributed by atoms with Crippen molar-refractivity contribution in [1.82, 2.24) is 19.9 Å². The lowest BCUT2D eigenvalue weighted by molar-refractivity contribution is -0.139. The van der Waals surface area contributed by atoms with Gasteiger partial charge in [0.05, 0.1) is 11.5 Å². The molecule has 1 saturated carbocycles. The summed E-state index contributed by atoms with van der Waals surface area (Å²) >= 11 is 0. The van der Waals surface area contributed by atoms with Crippen molar-refractivity contribution in [2.75, 3.05) is 24.5 Å². The summed E-state index contributed by atoms with van der Waals surface area (Å²) in [6.45, 7) is 2.43. The van der Waals surface area contributed by atoms with Crippen LogP contribution >= 0.6 is 0 Å². The summed E-state index contributed by atoms with van der Waals surface area (Å²) < 4.78 is 0. The zero-order valence-corrected chi connectivity index (χ0v) is 17.3. The lowest BCUT2D eigenvalue weighted by Gasteiger charge is -2.40. The van der Waals surface area contributed by atoms with Gasteiger partial charge in [0.1, 0.15) is 0 Å². The number of aliphatic hydroxyl groups is 1. The standard InChI is InChI=1S/C23H29N5O2/c29-20-6-4-19(5-7-20)28-12-9-23(21(28)30)8-2-11-27(16-23)22-25-14-18(15-26-22)17-3-1-10-24-13-17/h1,3,10,13-15,19-20,29H,2,4-9,11-12,16H2/t19-,20+,23?. The zero-order chi connectivity index (χ0) is 20.6. The third-order valence-electron chi connectivity index (χ3n) is 7.15. The van der Waals surface area contributed by atoms with E-state index in [1.807, 2.05) is 30.7 Å². The lowest BCUT2D eigenvalue weighted by atomic mass is 9.78. The molecule has 0 aromatic carbocycles. The number of aromatic nitrogens is 3. The molecule has 2 aliphatic heterocycles. The Labute approximate surface area is 177 Å². The molecule has 2 aromatic heterocycles. The lowest BCUT2D eigenvalue weighted by Crippen LogP contribution is -2.50. The van der Waals surface area contributed by atoms with Crippen molar-refractivity contribution in [3.63, 3.8) is 0 Å². The second-order valence-electron chi connectivity index (χ2n) is 9.03. The molecule has 1 atom stereocenters. The number of amides is 1. The van der Waals surface area contributed by atoms with E-state index in [1.54, 1.807) is 6.20 Å². The van der Waals surface area contributed by atoms with E-state index >= 15 is 0 Å². The van der Waals surface area contributed by atoms with E-state index in [0.717, 1.165) is 69.2 Å². The number of carbonyl (C=O) groups is 1. The molecular formula is C23H29N5O2. The second kappa shape index (κ2) is 7.95. The highest BCUT2D eigenvalue weighted by Crippen LogP contribution is 2.43. The Bertz CT molecular complexity index is 882. The highest BCUT2D eigenvalue weighted by molar-refractivity contribution is 5.86. The SMILES string of the molecule is O=C1N([C@H]2CC[C@@H](O)CC2)CCC12CCCN(c1ncc(-c3cccnc3)cn1)C2. The number of likely N-dealkylation sites (tertiary alicyclic amines) is 1. The van der Waals surface area contributed by atoms with Gasteiger partial charge in [-0.15, -0.1) is 0 Å². The van der Waals surface area contributed by atoms with Gasteiger partial charge in [-0.3, -0.25) is 9.78 Å². The molecular weight excluding hydrogens is 378 g/mol. The fourth-order valence-corrected chi connectivity index (χ4v) is 5.41. The summed E-state index contributed by atoms with van der Waals surface area (Å²) in [5.74, 6) is 1.01. The average Bonchev–Trinajstić information content (AvgIpc) is 3.10. The molecule has 1 spiro atoms. The van der Waals surface area contributed by atoms with Crippen LogP contribution in [0.1, 0.15) is 44.9 Å². The number of piperidine rings is 1. The number of anilines is 1. The van der Waals surface area contributed by atoms with Gasteiger partial charge in [-0.05, 0) is 51.0 Å². The fraction of sp³-hybridized carbons (Fsp3) is 0.565. The molecule has 1 unspecified atom stereocenters. The number of hydrogen-bond acceptors (Lipinski definition) is 6. The molecule has 7 nitrogen and oxygen atoms in total. The molecule has 1 N–H and O–H groups in total. The van der Waals surface area contributed by atoms with Gasteiger partial charge in [0.15, 0.2) is 0 Å². The predicted octanol–water partition coefficient (Wildman–Crippen LogP) is 2.66. The molecule has 158 valence electrons. The largest absolute Gasteiger partial charge is 0.393 e. The summed E-state index contributed by atoms with van der Waals surface area (Å²) in [5, 5.41) is 9.80. The molecule has 1 aliphatic carbocycles. The molecule has 2 aromatic rings. The fourth-order valence-electron chi connectivity index (χ4n) is 5.41. The van der Waals surface area contributed by atoms with Gasteiger partial charge >= 0.3 is 0 Å². The van der Waals surface area contributed by atoms with Gasteiger partial charge < -0.3 is 14.9 Å². The van der Waals surface area contributed by atoms with E-state index in [-0.39, 0.29) is 11.5 Å². The van der Waals surface area contributed by atoms with Gasteiger partial charge in [0.25, 0.3) is 0 Å². The van der Waals surface area contributed by atoms with Crippen molar-refractivity contribution in [1.29, 1.82) is 0 Å². The van der Waals surface area contributed by atoms with Gasteiger partial charge in [0.2, 0.25) is 11.9 Å². The first-order valence-corrected chi connectivity index (χ1v) is 11.1. The van der Waals surface area contributed by atoms with Crippen molar-refractivity contribution in [3.05, 3.63) is 36.9 Å². The van der Waals surface area contributed by atoms with E-state index in [4.69, 9.17) is 0 Å². The topological polar surface area (TPSA) is 82.5 Å². The van der Waals surface area contributed by atoms with E-state index in [0.29, 0.717) is 24.4 Å². The van der Waals surface area contributed by atoms with E-state index < -0.39 is 0 Å². The van der Waals surface area contributed by atoms with Crippen LogP contribution in [0.3, 0.4) is 0 Å². The van der Waals surface area contributed by atoms with Crippen molar-refractivity contribution in [2.45, 2.75) is 57.1 Å². The molecule has 3 aliphatic rings. The summed E-state index contributed by atoms with van der Waals surface area (Å²) in [6, 6.07) is 4.20. The maximum atomic E-state index is 13.5. The Morgan fingerprint density at radius 1 is 1.00 bits per heavy atom. The van der Waals surface area contributed by atoms with E-state index in [1.165, 1.54) is 0 Å². The Morgan fingerprint density at radius 2 is 1.80 bits per heavy atom.